The Labute approximate surface area is 137 Å². The topological polar surface area (TPSA) is 84.9 Å². The Morgan fingerprint density at radius 2 is 1.79 bits per heavy atom. The molecular formula is C17H14N4O3. The molecule has 0 saturated heterocycles. The summed E-state index contributed by atoms with van der Waals surface area (Å²) in [5, 5.41) is 20.0. The quantitative estimate of drug-likeness (QED) is 0.420. The van der Waals surface area contributed by atoms with E-state index in [1.54, 1.807) is 37.4 Å². The van der Waals surface area contributed by atoms with Gasteiger partial charge < -0.3 is 14.7 Å². The molecular weight excluding hydrogens is 308 g/mol. The van der Waals surface area contributed by atoms with E-state index in [1.165, 1.54) is 12.4 Å². The van der Waals surface area contributed by atoms with Gasteiger partial charge in [0.05, 0.1) is 24.0 Å². The average Bonchev–Trinajstić information content (AvgIpc) is 2.63. The summed E-state index contributed by atoms with van der Waals surface area (Å²) in [6, 6.07) is 13.9. The van der Waals surface area contributed by atoms with E-state index in [1.807, 2.05) is 18.2 Å². The van der Waals surface area contributed by atoms with E-state index in [-0.39, 0.29) is 11.2 Å². The van der Waals surface area contributed by atoms with Crippen LogP contribution in [0.1, 0.15) is 11.3 Å². The number of benzene rings is 2. The Balaban J connectivity index is 1.90. The lowest BCUT2D eigenvalue weighted by molar-refractivity contribution is -0.464. The SMILES string of the molecule is COc1ccccc1/C=N\N=C/c1c[n+](=O)c2ccccc2n1[O-]. The maximum absolute atomic E-state index is 12.2. The minimum atomic E-state index is 0.0980. The number of hydrogen-bond acceptors (Lipinski definition) is 5. The average molecular weight is 322 g/mol. The molecule has 0 aliphatic heterocycles. The van der Waals surface area contributed by atoms with Gasteiger partial charge >= 0.3 is 0 Å². The fourth-order valence-electron chi connectivity index (χ4n) is 2.25. The summed E-state index contributed by atoms with van der Waals surface area (Å²) in [5.74, 6) is 0.665. The predicted octanol–water partition coefficient (Wildman–Crippen LogP) is 2.36. The van der Waals surface area contributed by atoms with Crippen molar-refractivity contribution < 1.29 is 9.16 Å². The number of rotatable bonds is 4. The molecule has 0 atom stereocenters. The van der Waals surface area contributed by atoms with Gasteiger partial charge in [-0.15, -0.1) is 0 Å². The summed E-state index contributed by atoms with van der Waals surface area (Å²) in [6.07, 6.45) is 3.91. The van der Waals surface area contributed by atoms with Gasteiger partial charge in [0, 0.05) is 16.5 Å². The second-order valence-electron chi connectivity index (χ2n) is 4.89. The van der Waals surface area contributed by atoms with Crippen molar-refractivity contribution in [2.45, 2.75) is 0 Å². The van der Waals surface area contributed by atoms with Crippen LogP contribution in [0.5, 0.6) is 5.75 Å². The van der Waals surface area contributed by atoms with Crippen LogP contribution in [0.15, 0.2) is 64.9 Å². The van der Waals surface area contributed by atoms with E-state index in [4.69, 9.17) is 4.74 Å². The monoisotopic (exact) mass is 322 g/mol. The van der Waals surface area contributed by atoms with Crippen molar-refractivity contribution >= 4 is 23.5 Å². The largest absolute Gasteiger partial charge is 0.805 e. The molecule has 120 valence electrons. The first-order valence-corrected chi connectivity index (χ1v) is 7.14. The molecule has 2 aromatic carbocycles. The maximum Gasteiger partial charge on any atom is 0.286 e. The molecule has 0 spiro atoms. The zero-order valence-corrected chi connectivity index (χ0v) is 12.9. The van der Waals surface area contributed by atoms with Crippen LogP contribution in [0, 0.1) is 10.1 Å². The minimum Gasteiger partial charge on any atom is -0.805 e. The Hall–Kier alpha value is -3.48. The molecule has 24 heavy (non-hydrogen) atoms. The molecule has 0 N–H and O–H groups in total. The number of fused-ring (bicyclic) bond motifs is 1. The number of methoxy groups -OCH3 is 1. The molecule has 3 aromatic rings. The molecule has 0 fully saturated rings. The zero-order valence-electron chi connectivity index (χ0n) is 12.9. The van der Waals surface area contributed by atoms with Crippen LogP contribution in [0.4, 0.5) is 0 Å². The molecule has 7 heteroatoms. The molecule has 1 heterocycles. The summed E-state index contributed by atoms with van der Waals surface area (Å²) in [5.41, 5.74) is 1.41. The normalized spacial score (nSPS) is 11.5. The highest BCUT2D eigenvalue weighted by molar-refractivity contribution is 5.85. The highest BCUT2D eigenvalue weighted by atomic mass is 16.5. The van der Waals surface area contributed by atoms with E-state index in [0.717, 1.165) is 11.8 Å². The number of para-hydroxylation sites is 3. The van der Waals surface area contributed by atoms with E-state index < -0.39 is 0 Å². The van der Waals surface area contributed by atoms with Crippen LogP contribution >= 0.6 is 0 Å². The highest BCUT2D eigenvalue weighted by Crippen LogP contribution is 2.14. The van der Waals surface area contributed by atoms with Crippen molar-refractivity contribution in [1.29, 1.82) is 0 Å². The molecule has 3 rings (SSSR count). The van der Waals surface area contributed by atoms with Crippen LogP contribution in [0.2, 0.25) is 0 Å². The van der Waals surface area contributed by atoms with Gasteiger partial charge in [0.15, 0.2) is 0 Å². The second-order valence-corrected chi connectivity index (χ2v) is 4.89. The van der Waals surface area contributed by atoms with Crippen molar-refractivity contribution in [1.82, 2.24) is 4.73 Å². The van der Waals surface area contributed by atoms with E-state index in [2.05, 4.69) is 10.2 Å². The Morgan fingerprint density at radius 1 is 1.08 bits per heavy atom. The Kier molecular flexibility index (Phi) is 4.33. The van der Waals surface area contributed by atoms with Gasteiger partial charge in [0.1, 0.15) is 17.0 Å². The summed E-state index contributed by atoms with van der Waals surface area (Å²) < 4.78 is 6.48. The zero-order chi connectivity index (χ0) is 16.9. The lowest BCUT2D eigenvalue weighted by atomic mass is 10.2. The smallest absolute Gasteiger partial charge is 0.286 e. The third-order valence-corrected chi connectivity index (χ3v) is 3.41. The van der Waals surface area contributed by atoms with Crippen molar-refractivity contribution in [2.24, 2.45) is 10.2 Å². The Bertz CT molecular complexity index is 993. The van der Waals surface area contributed by atoms with Crippen LogP contribution < -0.4 is 9.16 Å². The number of ether oxygens (including phenoxy) is 1. The van der Waals surface area contributed by atoms with E-state index >= 15 is 0 Å². The summed E-state index contributed by atoms with van der Waals surface area (Å²) in [4.78, 5) is 11.9. The molecule has 0 aliphatic rings. The van der Waals surface area contributed by atoms with Gasteiger partial charge in [0.25, 0.3) is 11.7 Å². The van der Waals surface area contributed by atoms with Crippen molar-refractivity contribution in [3.63, 3.8) is 0 Å². The molecule has 0 radical (unpaired) electrons. The molecule has 0 aliphatic carbocycles. The predicted molar refractivity (Wildman–Crippen MR) is 92.3 cm³/mol. The van der Waals surface area contributed by atoms with Crippen molar-refractivity contribution in [3.8, 4) is 5.75 Å². The number of aromatic nitrogens is 2. The second kappa shape index (κ2) is 6.74. The lowest BCUT2D eigenvalue weighted by Gasteiger charge is -2.13. The number of hydrogen-bond donors (Lipinski definition) is 0. The summed E-state index contributed by atoms with van der Waals surface area (Å²) in [7, 11) is 1.57. The van der Waals surface area contributed by atoms with Crippen molar-refractivity contribution in [3.05, 3.63) is 76.1 Å². The lowest BCUT2D eigenvalue weighted by Crippen LogP contribution is -2.19. The summed E-state index contributed by atoms with van der Waals surface area (Å²) >= 11 is 0. The van der Waals surface area contributed by atoms with E-state index in [0.29, 0.717) is 20.4 Å². The summed E-state index contributed by atoms with van der Waals surface area (Å²) in [6.45, 7) is 0. The number of nitrogens with zero attached hydrogens (tertiary/aromatic N) is 4. The Morgan fingerprint density at radius 3 is 2.62 bits per heavy atom. The van der Waals surface area contributed by atoms with Crippen molar-refractivity contribution in [2.75, 3.05) is 7.11 Å². The van der Waals surface area contributed by atoms with Gasteiger partial charge in [-0.2, -0.15) is 10.2 Å². The highest BCUT2D eigenvalue weighted by Gasteiger charge is 2.09. The van der Waals surface area contributed by atoms with Gasteiger partial charge in [0.2, 0.25) is 0 Å². The van der Waals surface area contributed by atoms with E-state index in [9.17, 15) is 10.1 Å². The molecule has 0 unspecified atom stereocenters. The van der Waals surface area contributed by atoms with Gasteiger partial charge in [-0.1, -0.05) is 24.3 Å². The van der Waals surface area contributed by atoms with Gasteiger partial charge in [-0.3, -0.25) is 0 Å². The van der Waals surface area contributed by atoms with Gasteiger partial charge in [-0.25, -0.2) is 0 Å². The van der Waals surface area contributed by atoms with Crippen LogP contribution in [-0.2, 0) is 0 Å². The van der Waals surface area contributed by atoms with Crippen LogP contribution in [-0.4, -0.2) is 24.3 Å². The molecule has 0 bridgehead atoms. The first-order valence-electron chi connectivity index (χ1n) is 7.14. The maximum atomic E-state index is 12.2. The fourth-order valence-corrected chi connectivity index (χ4v) is 2.25. The van der Waals surface area contributed by atoms with Crippen LogP contribution in [0.25, 0.3) is 11.0 Å². The first-order chi connectivity index (χ1) is 11.7. The van der Waals surface area contributed by atoms with Crippen LogP contribution in [0.3, 0.4) is 0 Å². The first kappa shape index (κ1) is 15.4. The molecule has 0 saturated carbocycles. The molecule has 1 aromatic heterocycles. The van der Waals surface area contributed by atoms with Gasteiger partial charge in [-0.05, 0) is 18.2 Å². The minimum absolute atomic E-state index is 0.0980. The standard InChI is InChI=1S/C17H14N4O3/c1-24-17-9-5-2-6-13(17)10-18-19-11-14-12-20(22)15-7-3-4-8-16(15)21(14)23/h2-12H,1H3/b18-10-,19-11-. The third kappa shape index (κ3) is 3.00. The molecule has 0 amide bonds. The fraction of sp³-hybridized carbons (Fsp3) is 0.0588. The third-order valence-electron chi connectivity index (χ3n) is 3.41. The molecule has 7 nitrogen and oxygen atoms in total.